The predicted octanol–water partition coefficient (Wildman–Crippen LogP) is 4.19. The third kappa shape index (κ3) is 4.25. The van der Waals surface area contributed by atoms with Crippen molar-refractivity contribution in [3.63, 3.8) is 0 Å². The van der Waals surface area contributed by atoms with Crippen LogP contribution in [0.2, 0.25) is 5.02 Å². The van der Waals surface area contributed by atoms with E-state index in [0.717, 1.165) is 31.0 Å². The van der Waals surface area contributed by atoms with Crippen molar-refractivity contribution in [1.82, 2.24) is 5.32 Å². The minimum absolute atomic E-state index is 0.138. The van der Waals surface area contributed by atoms with E-state index in [-0.39, 0.29) is 11.2 Å². The van der Waals surface area contributed by atoms with Gasteiger partial charge in [0.2, 0.25) is 0 Å². The molecule has 1 aliphatic rings. The molecule has 100 valence electrons. The second kappa shape index (κ2) is 5.58. The Kier molecular flexibility index (Phi) is 4.29. The molecule has 1 aromatic carbocycles. The zero-order valence-corrected chi connectivity index (χ0v) is 11.9. The lowest BCUT2D eigenvalue weighted by molar-refractivity contribution is 0.324. The largest absolute Gasteiger partial charge is 0.314 e. The fraction of sp³-hybridized carbons (Fsp3) is 0.600. The van der Waals surface area contributed by atoms with Gasteiger partial charge < -0.3 is 5.32 Å². The van der Waals surface area contributed by atoms with E-state index < -0.39 is 0 Å². The van der Waals surface area contributed by atoms with Gasteiger partial charge >= 0.3 is 0 Å². The van der Waals surface area contributed by atoms with Crippen LogP contribution in [0.25, 0.3) is 0 Å². The van der Waals surface area contributed by atoms with Gasteiger partial charge in [0, 0.05) is 11.1 Å². The zero-order chi connectivity index (χ0) is 13.2. The van der Waals surface area contributed by atoms with Crippen LogP contribution in [0.15, 0.2) is 18.2 Å². The molecule has 0 amide bonds. The fourth-order valence-corrected chi connectivity index (χ4v) is 2.37. The summed E-state index contributed by atoms with van der Waals surface area (Å²) in [6.45, 7) is 5.45. The summed E-state index contributed by atoms with van der Waals surface area (Å²) in [6.07, 6.45) is 4.53. The van der Waals surface area contributed by atoms with Gasteiger partial charge in [-0.25, -0.2) is 4.39 Å². The quantitative estimate of drug-likeness (QED) is 0.817. The SMILES string of the molecule is CC(C)(CCNC1CC1)Cc1cc(F)ccc1Cl. The molecule has 1 nitrogen and oxygen atoms in total. The highest BCUT2D eigenvalue weighted by atomic mass is 35.5. The van der Waals surface area contributed by atoms with Crippen molar-refractivity contribution in [2.24, 2.45) is 5.41 Å². The van der Waals surface area contributed by atoms with Crippen LogP contribution >= 0.6 is 11.6 Å². The lowest BCUT2D eigenvalue weighted by Crippen LogP contribution is -2.25. The van der Waals surface area contributed by atoms with E-state index in [4.69, 9.17) is 11.6 Å². The lowest BCUT2D eigenvalue weighted by Gasteiger charge is -2.25. The highest BCUT2D eigenvalue weighted by molar-refractivity contribution is 6.31. The summed E-state index contributed by atoms with van der Waals surface area (Å²) in [5, 5.41) is 4.18. The molecule has 1 N–H and O–H groups in total. The van der Waals surface area contributed by atoms with E-state index in [0.29, 0.717) is 5.02 Å². The average Bonchev–Trinajstić information content (AvgIpc) is 3.07. The average molecular weight is 270 g/mol. The first-order valence-corrected chi connectivity index (χ1v) is 7.01. The summed E-state index contributed by atoms with van der Waals surface area (Å²) >= 11 is 6.11. The van der Waals surface area contributed by atoms with Crippen LogP contribution in [0.4, 0.5) is 4.39 Å². The van der Waals surface area contributed by atoms with Gasteiger partial charge in [-0.1, -0.05) is 25.4 Å². The van der Waals surface area contributed by atoms with Crippen LogP contribution in [0.1, 0.15) is 38.7 Å². The Hall–Kier alpha value is -0.600. The maximum absolute atomic E-state index is 13.2. The molecule has 0 saturated heterocycles. The molecule has 2 rings (SSSR count). The summed E-state index contributed by atoms with van der Waals surface area (Å²) in [6, 6.07) is 5.36. The first-order valence-electron chi connectivity index (χ1n) is 6.64. The van der Waals surface area contributed by atoms with Crippen molar-refractivity contribution in [2.45, 2.75) is 45.6 Å². The van der Waals surface area contributed by atoms with Gasteiger partial charge in [0.15, 0.2) is 0 Å². The van der Waals surface area contributed by atoms with Crippen LogP contribution in [0, 0.1) is 11.2 Å². The molecular formula is C15H21ClFN. The summed E-state index contributed by atoms with van der Waals surface area (Å²) in [7, 11) is 0. The third-order valence-corrected chi connectivity index (χ3v) is 3.86. The minimum Gasteiger partial charge on any atom is -0.314 e. The van der Waals surface area contributed by atoms with Crippen molar-refractivity contribution in [3.8, 4) is 0 Å². The topological polar surface area (TPSA) is 12.0 Å². The Morgan fingerprint density at radius 2 is 2.11 bits per heavy atom. The Morgan fingerprint density at radius 1 is 1.39 bits per heavy atom. The minimum atomic E-state index is -0.207. The summed E-state index contributed by atoms with van der Waals surface area (Å²) in [5.41, 5.74) is 1.05. The highest BCUT2D eigenvalue weighted by Crippen LogP contribution is 2.30. The molecule has 1 fully saturated rings. The summed E-state index contributed by atoms with van der Waals surface area (Å²) < 4.78 is 13.2. The lowest BCUT2D eigenvalue weighted by atomic mass is 9.82. The Balaban J connectivity index is 1.90. The molecular weight excluding hydrogens is 249 g/mol. The monoisotopic (exact) mass is 269 g/mol. The van der Waals surface area contributed by atoms with Crippen LogP contribution < -0.4 is 5.32 Å². The molecule has 3 heteroatoms. The van der Waals surface area contributed by atoms with E-state index in [1.54, 1.807) is 12.1 Å². The smallest absolute Gasteiger partial charge is 0.123 e. The van der Waals surface area contributed by atoms with Gasteiger partial charge in [-0.2, -0.15) is 0 Å². The molecule has 18 heavy (non-hydrogen) atoms. The van der Waals surface area contributed by atoms with Crippen LogP contribution in [-0.4, -0.2) is 12.6 Å². The third-order valence-electron chi connectivity index (χ3n) is 3.49. The summed E-state index contributed by atoms with van der Waals surface area (Å²) in [4.78, 5) is 0. The fourth-order valence-electron chi connectivity index (χ4n) is 2.18. The van der Waals surface area contributed by atoms with Gasteiger partial charge in [-0.05, 0) is 61.4 Å². The Bertz CT molecular complexity index is 413. The highest BCUT2D eigenvalue weighted by Gasteiger charge is 2.23. The predicted molar refractivity (Wildman–Crippen MR) is 74.5 cm³/mol. The first kappa shape index (κ1) is 13.8. The van der Waals surface area contributed by atoms with Crippen molar-refractivity contribution in [3.05, 3.63) is 34.6 Å². The molecule has 1 aromatic rings. The van der Waals surface area contributed by atoms with E-state index >= 15 is 0 Å². The second-order valence-corrected chi connectivity index (χ2v) is 6.46. The van der Waals surface area contributed by atoms with Crippen molar-refractivity contribution in [2.75, 3.05) is 6.54 Å². The number of benzene rings is 1. The second-order valence-electron chi connectivity index (χ2n) is 6.06. The van der Waals surface area contributed by atoms with Gasteiger partial charge in [-0.3, -0.25) is 0 Å². The first-order chi connectivity index (χ1) is 8.46. The molecule has 1 aliphatic carbocycles. The maximum atomic E-state index is 13.2. The maximum Gasteiger partial charge on any atom is 0.123 e. The van der Waals surface area contributed by atoms with Gasteiger partial charge in [0.1, 0.15) is 5.82 Å². The number of hydrogen-bond donors (Lipinski definition) is 1. The number of hydrogen-bond acceptors (Lipinski definition) is 1. The molecule has 1 saturated carbocycles. The molecule has 0 heterocycles. The molecule has 0 aliphatic heterocycles. The van der Waals surface area contributed by atoms with Crippen molar-refractivity contribution < 1.29 is 4.39 Å². The van der Waals surface area contributed by atoms with Crippen LogP contribution in [0.3, 0.4) is 0 Å². The normalized spacial score (nSPS) is 16.0. The summed E-state index contributed by atoms with van der Waals surface area (Å²) in [5.74, 6) is -0.207. The van der Waals surface area contributed by atoms with Crippen LogP contribution in [0.5, 0.6) is 0 Å². The zero-order valence-electron chi connectivity index (χ0n) is 11.1. The standard InChI is InChI=1S/C15H21ClFN/c1-15(2,7-8-18-13-4-5-13)10-11-9-12(17)3-6-14(11)16/h3,6,9,13,18H,4-5,7-8,10H2,1-2H3. The Morgan fingerprint density at radius 3 is 2.78 bits per heavy atom. The molecule has 0 bridgehead atoms. The molecule has 0 aromatic heterocycles. The number of nitrogens with one attached hydrogen (secondary N) is 1. The van der Waals surface area contributed by atoms with E-state index in [2.05, 4.69) is 19.2 Å². The van der Waals surface area contributed by atoms with E-state index in [9.17, 15) is 4.39 Å². The molecule has 0 atom stereocenters. The van der Waals surface area contributed by atoms with E-state index in [1.165, 1.54) is 18.9 Å². The number of rotatable bonds is 6. The van der Waals surface area contributed by atoms with Crippen molar-refractivity contribution in [1.29, 1.82) is 0 Å². The van der Waals surface area contributed by atoms with Gasteiger partial charge in [0.25, 0.3) is 0 Å². The Labute approximate surface area is 114 Å². The molecule has 0 radical (unpaired) electrons. The molecule has 0 unspecified atom stereocenters. The van der Waals surface area contributed by atoms with Gasteiger partial charge in [-0.15, -0.1) is 0 Å². The molecule has 0 spiro atoms. The van der Waals surface area contributed by atoms with Crippen LogP contribution in [-0.2, 0) is 6.42 Å². The van der Waals surface area contributed by atoms with E-state index in [1.807, 2.05) is 0 Å². The van der Waals surface area contributed by atoms with Gasteiger partial charge in [0.05, 0.1) is 0 Å². The van der Waals surface area contributed by atoms with Crippen molar-refractivity contribution >= 4 is 11.6 Å². The number of halogens is 2.